The van der Waals surface area contributed by atoms with Gasteiger partial charge in [0.2, 0.25) is 5.88 Å². The molecule has 9 heteroatoms. The molecule has 1 aromatic rings. The van der Waals surface area contributed by atoms with Gasteiger partial charge >= 0.3 is 12.1 Å². The molecule has 2 heterocycles. The summed E-state index contributed by atoms with van der Waals surface area (Å²) in [5.41, 5.74) is -0.0904. The second kappa shape index (κ2) is 6.53. The quantitative estimate of drug-likeness (QED) is 0.873. The second-order valence-corrected chi connectivity index (χ2v) is 6.42. The topological polar surface area (TPSA) is 79.7 Å². The van der Waals surface area contributed by atoms with E-state index in [0.29, 0.717) is 5.92 Å². The molecule has 2 atom stereocenters. The first-order valence-electron chi connectivity index (χ1n) is 7.93. The number of ether oxygens (including phenoxy) is 1. The lowest BCUT2D eigenvalue weighted by molar-refractivity contribution is -0.154. The van der Waals surface area contributed by atoms with Gasteiger partial charge < -0.3 is 14.7 Å². The molecule has 0 spiro atoms. The monoisotopic (exact) mass is 358 g/mol. The molecular formula is C16H17F3N2O4. The van der Waals surface area contributed by atoms with Crippen LogP contribution in [0.2, 0.25) is 0 Å². The highest BCUT2D eigenvalue weighted by atomic mass is 19.4. The molecule has 1 amide bonds. The minimum absolute atomic E-state index is 0.0446. The van der Waals surface area contributed by atoms with E-state index < -0.39 is 36.5 Å². The van der Waals surface area contributed by atoms with Gasteiger partial charge in [-0.3, -0.25) is 9.59 Å². The number of likely N-dealkylation sites (tertiary alicyclic amines) is 1. The summed E-state index contributed by atoms with van der Waals surface area (Å²) in [7, 11) is 0. The number of carboxylic acid groups (broad SMARTS) is 1. The largest absolute Gasteiger partial charge is 0.481 e. The Morgan fingerprint density at radius 2 is 2.04 bits per heavy atom. The lowest BCUT2D eigenvalue weighted by atomic mass is 9.92. The van der Waals surface area contributed by atoms with Crippen LogP contribution in [0.3, 0.4) is 0 Å². The van der Waals surface area contributed by atoms with Crippen molar-refractivity contribution in [3.8, 4) is 5.88 Å². The number of aromatic nitrogens is 1. The van der Waals surface area contributed by atoms with E-state index in [1.165, 1.54) is 23.2 Å². The minimum atomic E-state index is -4.54. The number of hydrogen-bond donors (Lipinski definition) is 1. The molecule has 2 aliphatic rings. The van der Waals surface area contributed by atoms with Crippen molar-refractivity contribution in [1.29, 1.82) is 0 Å². The fourth-order valence-electron chi connectivity index (χ4n) is 3.25. The van der Waals surface area contributed by atoms with Crippen LogP contribution in [0.1, 0.15) is 23.2 Å². The summed E-state index contributed by atoms with van der Waals surface area (Å²) < 4.78 is 41.7. The Morgan fingerprint density at radius 1 is 1.32 bits per heavy atom. The Balaban J connectivity index is 1.76. The predicted molar refractivity (Wildman–Crippen MR) is 79.0 cm³/mol. The molecule has 3 rings (SSSR count). The third kappa shape index (κ3) is 4.02. The van der Waals surface area contributed by atoms with Crippen LogP contribution in [0, 0.1) is 17.8 Å². The SMILES string of the molecule is O=C(O)[C@H]1CN(C(=O)c2cccnc2OCC(F)(F)F)C[C@@H]1C1CC1. The summed E-state index contributed by atoms with van der Waals surface area (Å²) in [4.78, 5) is 29.2. The van der Waals surface area contributed by atoms with Gasteiger partial charge in [0.25, 0.3) is 5.91 Å². The molecule has 6 nitrogen and oxygen atoms in total. The highest BCUT2D eigenvalue weighted by molar-refractivity contribution is 5.97. The van der Waals surface area contributed by atoms with E-state index in [-0.39, 0.29) is 24.6 Å². The number of hydrogen-bond acceptors (Lipinski definition) is 4. The first kappa shape index (κ1) is 17.5. The number of amides is 1. The Bertz CT molecular complexity index is 676. The average Bonchev–Trinajstić information content (AvgIpc) is 3.30. The minimum Gasteiger partial charge on any atom is -0.481 e. The van der Waals surface area contributed by atoms with Crippen molar-refractivity contribution in [2.75, 3.05) is 19.7 Å². The number of rotatable bonds is 5. The zero-order valence-corrected chi connectivity index (χ0v) is 13.2. The van der Waals surface area contributed by atoms with Crippen LogP contribution in [0.5, 0.6) is 5.88 Å². The van der Waals surface area contributed by atoms with Gasteiger partial charge in [-0.15, -0.1) is 0 Å². The number of carboxylic acids is 1. The van der Waals surface area contributed by atoms with Gasteiger partial charge in [-0.05, 0) is 36.8 Å². The van der Waals surface area contributed by atoms with Crippen LogP contribution in [-0.2, 0) is 4.79 Å². The van der Waals surface area contributed by atoms with Gasteiger partial charge in [0.05, 0.1) is 5.92 Å². The van der Waals surface area contributed by atoms with E-state index in [0.717, 1.165) is 12.8 Å². The summed E-state index contributed by atoms with van der Waals surface area (Å²) in [6.07, 6.45) is -1.41. The molecule has 136 valence electrons. The molecule has 1 saturated heterocycles. The van der Waals surface area contributed by atoms with Crippen molar-refractivity contribution in [1.82, 2.24) is 9.88 Å². The number of halogens is 3. The van der Waals surface area contributed by atoms with Crippen LogP contribution < -0.4 is 4.74 Å². The average molecular weight is 358 g/mol. The van der Waals surface area contributed by atoms with E-state index in [4.69, 9.17) is 0 Å². The van der Waals surface area contributed by atoms with Crippen molar-refractivity contribution < 1.29 is 32.6 Å². The van der Waals surface area contributed by atoms with Crippen LogP contribution in [0.15, 0.2) is 18.3 Å². The Hall–Kier alpha value is -2.32. The molecule has 0 unspecified atom stereocenters. The van der Waals surface area contributed by atoms with Crippen LogP contribution in [-0.4, -0.2) is 52.7 Å². The fourth-order valence-corrected chi connectivity index (χ4v) is 3.25. The Kier molecular flexibility index (Phi) is 4.57. The number of pyridine rings is 1. The summed E-state index contributed by atoms with van der Waals surface area (Å²) in [6, 6.07) is 2.76. The van der Waals surface area contributed by atoms with Gasteiger partial charge in [-0.1, -0.05) is 0 Å². The molecule has 0 radical (unpaired) electrons. The molecule has 2 fully saturated rings. The molecular weight excluding hydrogens is 341 g/mol. The fraction of sp³-hybridized carbons (Fsp3) is 0.562. The van der Waals surface area contributed by atoms with Crippen LogP contribution in [0.25, 0.3) is 0 Å². The highest BCUT2D eigenvalue weighted by Crippen LogP contribution is 2.44. The zero-order chi connectivity index (χ0) is 18.2. The van der Waals surface area contributed by atoms with Crippen LogP contribution >= 0.6 is 0 Å². The molecule has 1 saturated carbocycles. The van der Waals surface area contributed by atoms with Crippen molar-refractivity contribution in [3.63, 3.8) is 0 Å². The van der Waals surface area contributed by atoms with Crippen LogP contribution in [0.4, 0.5) is 13.2 Å². The third-order valence-electron chi connectivity index (χ3n) is 4.57. The number of carbonyl (C=O) groups is 2. The Labute approximate surface area is 141 Å². The predicted octanol–water partition coefficient (Wildman–Crippen LogP) is 2.21. The highest BCUT2D eigenvalue weighted by Gasteiger charge is 2.47. The second-order valence-electron chi connectivity index (χ2n) is 6.42. The summed E-state index contributed by atoms with van der Waals surface area (Å²) >= 11 is 0. The molecule has 25 heavy (non-hydrogen) atoms. The number of nitrogens with zero attached hydrogens (tertiary/aromatic N) is 2. The molecule has 1 aliphatic carbocycles. The molecule has 0 aromatic carbocycles. The van der Waals surface area contributed by atoms with Crippen molar-refractivity contribution >= 4 is 11.9 Å². The van der Waals surface area contributed by atoms with E-state index in [9.17, 15) is 27.9 Å². The summed E-state index contributed by atoms with van der Waals surface area (Å²) in [5.74, 6) is -2.36. The third-order valence-corrected chi connectivity index (χ3v) is 4.57. The van der Waals surface area contributed by atoms with Gasteiger partial charge in [0, 0.05) is 19.3 Å². The molecule has 1 N–H and O–H groups in total. The van der Waals surface area contributed by atoms with Gasteiger partial charge in [0.1, 0.15) is 5.56 Å². The van der Waals surface area contributed by atoms with E-state index in [1.807, 2.05) is 0 Å². The Morgan fingerprint density at radius 3 is 2.64 bits per heavy atom. The smallest absolute Gasteiger partial charge is 0.422 e. The van der Waals surface area contributed by atoms with Gasteiger partial charge in [-0.25, -0.2) is 4.98 Å². The molecule has 1 aromatic heterocycles. The van der Waals surface area contributed by atoms with Crippen molar-refractivity contribution in [2.24, 2.45) is 17.8 Å². The zero-order valence-electron chi connectivity index (χ0n) is 13.2. The van der Waals surface area contributed by atoms with Crippen molar-refractivity contribution in [2.45, 2.75) is 19.0 Å². The maximum atomic E-state index is 12.7. The molecule has 1 aliphatic heterocycles. The number of alkyl halides is 3. The number of aliphatic carboxylic acids is 1. The van der Waals surface area contributed by atoms with E-state index >= 15 is 0 Å². The molecule has 0 bridgehead atoms. The first-order valence-corrected chi connectivity index (χ1v) is 7.93. The summed E-state index contributed by atoms with van der Waals surface area (Å²) in [6.45, 7) is -1.22. The normalized spacial score (nSPS) is 23.6. The van der Waals surface area contributed by atoms with Gasteiger partial charge in [0.15, 0.2) is 6.61 Å². The van der Waals surface area contributed by atoms with E-state index in [2.05, 4.69) is 9.72 Å². The lowest BCUT2D eigenvalue weighted by Crippen LogP contribution is -2.31. The number of carbonyl (C=O) groups excluding carboxylic acids is 1. The van der Waals surface area contributed by atoms with Crippen molar-refractivity contribution in [3.05, 3.63) is 23.9 Å². The van der Waals surface area contributed by atoms with E-state index in [1.54, 1.807) is 0 Å². The summed E-state index contributed by atoms with van der Waals surface area (Å²) in [5, 5.41) is 9.36. The standard InChI is InChI=1S/C16H17F3N2O4/c17-16(18,19)8-25-13-10(2-1-5-20-13)14(22)21-6-11(9-3-4-9)12(7-21)15(23)24/h1-2,5,9,11-12H,3-4,6-8H2,(H,23,24)/t11-,12+/m1/s1. The van der Waals surface area contributed by atoms with Gasteiger partial charge in [-0.2, -0.15) is 13.2 Å². The lowest BCUT2D eigenvalue weighted by Gasteiger charge is -2.18. The first-order chi connectivity index (χ1) is 11.8. The maximum absolute atomic E-state index is 12.7. The maximum Gasteiger partial charge on any atom is 0.422 e.